The lowest BCUT2D eigenvalue weighted by Gasteiger charge is -2.12. The van der Waals surface area contributed by atoms with Crippen LogP contribution in [0.5, 0.6) is 0 Å². The van der Waals surface area contributed by atoms with E-state index in [-0.39, 0.29) is 11.4 Å². The molecule has 0 saturated heterocycles. The van der Waals surface area contributed by atoms with Gasteiger partial charge in [0.1, 0.15) is 17.3 Å². The molecule has 3 aromatic heterocycles. The summed E-state index contributed by atoms with van der Waals surface area (Å²) in [5.74, 6) is 2.79. The predicted octanol–water partition coefficient (Wildman–Crippen LogP) is 7.94. The summed E-state index contributed by atoms with van der Waals surface area (Å²) in [6, 6.07) is 19.2. The zero-order valence-corrected chi connectivity index (χ0v) is 20.3. The highest BCUT2D eigenvalue weighted by atomic mass is 16.3. The van der Waals surface area contributed by atoms with E-state index in [2.05, 4.69) is 40.2 Å². The fourth-order valence-corrected chi connectivity index (χ4v) is 3.90. The lowest BCUT2D eigenvalue weighted by Crippen LogP contribution is -2.05. The van der Waals surface area contributed by atoms with Crippen molar-refractivity contribution in [2.24, 2.45) is 5.92 Å². The van der Waals surface area contributed by atoms with Crippen LogP contribution in [-0.4, -0.2) is 4.57 Å². The molecule has 0 amide bonds. The third kappa shape index (κ3) is 5.44. The van der Waals surface area contributed by atoms with Crippen molar-refractivity contribution in [3.63, 3.8) is 0 Å². The summed E-state index contributed by atoms with van der Waals surface area (Å²) >= 11 is 0. The van der Waals surface area contributed by atoms with Gasteiger partial charge in [-0.2, -0.15) is 0 Å². The fraction of sp³-hybridized carbons (Fsp3) is 0.133. The van der Waals surface area contributed by atoms with E-state index in [1.54, 1.807) is 18.2 Å². The average Bonchev–Trinajstić information content (AvgIpc) is 3.64. The number of hydrogen-bond acceptors (Lipinski definition) is 4. The van der Waals surface area contributed by atoms with Crippen LogP contribution in [0.3, 0.4) is 0 Å². The molecule has 0 aliphatic carbocycles. The van der Waals surface area contributed by atoms with Crippen molar-refractivity contribution < 1.29 is 8.83 Å². The molecule has 178 valence electrons. The Labute approximate surface area is 214 Å². The molecule has 0 fully saturated rings. The molecule has 4 rings (SSSR count). The molecule has 0 saturated carbocycles. The minimum absolute atomic E-state index is 0.00629. The summed E-state index contributed by atoms with van der Waals surface area (Å²) in [4.78, 5) is 6.32. The molecule has 37 heavy (non-hydrogen) atoms. The molecule has 0 atom stereocenters. The summed E-state index contributed by atoms with van der Waals surface area (Å²) in [6.45, 7) is 19.1. The van der Waals surface area contributed by atoms with Gasteiger partial charge < -0.3 is 13.4 Å². The van der Waals surface area contributed by atoms with Gasteiger partial charge in [0.2, 0.25) is 0 Å². The van der Waals surface area contributed by atoms with Crippen LogP contribution in [0.2, 0.25) is 0 Å². The Hall–Kier alpha value is -5.50. The quantitative estimate of drug-likeness (QED) is 0.152. The van der Waals surface area contributed by atoms with Crippen LogP contribution in [-0.2, 0) is 6.54 Å². The van der Waals surface area contributed by atoms with Gasteiger partial charge in [0.05, 0.1) is 31.0 Å². The standard InChI is InChI=1S/C30H21N5O2/c1-20(2)19-35-27-15-22(29-12-10-25(36-29)7-5-6-23(17-31)33-3)9-8-21(27)14-28(35)30-13-11-26(37-30)16-24(18-32)34-4/h5-16,20H,19H2,1-2H3/b7-5+,23-6-,24-16+. The summed E-state index contributed by atoms with van der Waals surface area (Å²) in [5, 5.41) is 18.9. The lowest BCUT2D eigenvalue weighted by atomic mass is 10.1. The number of fused-ring (bicyclic) bond motifs is 1. The van der Waals surface area contributed by atoms with Crippen LogP contribution in [0.25, 0.3) is 55.5 Å². The van der Waals surface area contributed by atoms with Gasteiger partial charge in [0.15, 0.2) is 5.76 Å². The smallest absolute Gasteiger partial charge is 0.265 e. The molecule has 0 radical (unpaired) electrons. The van der Waals surface area contributed by atoms with E-state index in [1.165, 1.54) is 12.2 Å². The summed E-state index contributed by atoms with van der Waals surface area (Å²) in [5.41, 5.74) is 2.82. The number of benzene rings is 1. The van der Waals surface area contributed by atoms with Gasteiger partial charge in [-0.1, -0.05) is 32.1 Å². The van der Waals surface area contributed by atoms with Crippen LogP contribution < -0.4 is 0 Å². The van der Waals surface area contributed by atoms with Crippen LogP contribution in [0, 0.1) is 41.7 Å². The second kappa shape index (κ2) is 10.8. The van der Waals surface area contributed by atoms with Gasteiger partial charge in [-0.15, -0.1) is 0 Å². The van der Waals surface area contributed by atoms with Gasteiger partial charge in [0, 0.05) is 23.0 Å². The van der Waals surface area contributed by atoms with Gasteiger partial charge in [-0.05, 0) is 60.5 Å². The minimum Gasteiger partial charge on any atom is -0.457 e. The monoisotopic (exact) mass is 483 g/mol. The van der Waals surface area contributed by atoms with Gasteiger partial charge in [0.25, 0.3) is 11.4 Å². The van der Waals surface area contributed by atoms with Gasteiger partial charge in [-0.3, -0.25) is 0 Å². The van der Waals surface area contributed by atoms with Crippen LogP contribution in [0.15, 0.2) is 80.9 Å². The number of rotatable bonds is 7. The zero-order chi connectivity index (χ0) is 26.4. The summed E-state index contributed by atoms with van der Waals surface area (Å²) in [7, 11) is 0. The number of allylic oxidation sites excluding steroid dienone is 4. The Bertz CT molecular complexity index is 1690. The van der Waals surface area contributed by atoms with Crippen molar-refractivity contribution in [3.8, 4) is 34.9 Å². The highest BCUT2D eigenvalue weighted by molar-refractivity contribution is 5.89. The maximum atomic E-state index is 9.04. The Balaban J connectivity index is 1.72. The third-order valence-electron chi connectivity index (χ3n) is 5.51. The Morgan fingerprint density at radius 1 is 0.946 bits per heavy atom. The van der Waals surface area contributed by atoms with E-state index in [0.717, 1.165) is 28.7 Å². The Kier molecular flexibility index (Phi) is 7.21. The molecule has 7 nitrogen and oxygen atoms in total. The molecule has 0 aliphatic heterocycles. The Morgan fingerprint density at radius 3 is 2.35 bits per heavy atom. The van der Waals surface area contributed by atoms with Crippen LogP contribution in [0.1, 0.15) is 25.4 Å². The first kappa shape index (κ1) is 24.6. The number of furan rings is 2. The van der Waals surface area contributed by atoms with E-state index in [0.29, 0.717) is 29.0 Å². The fourth-order valence-electron chi connectivity index (χ4n) is 3.90. The van der Waals surface area contributed by atoms with E-state index >= 15 is 0 Å². The Morgan fingerprint density at radius 2 is 1.65 bits per heavy atom. The first-order valence-electron chi connectivity index (χ1n) is 11.4. The van der Waals surface area contributed by atoms with Crippen LogP contribution in [0.4, 0.5) is 0 Å². The maximum absolute atomic E-state index is 9.04. The largest absolute Gasteiger partial charge is 0.457 e. The van der Waals surface area contributed by atoms with Crippen molar-refractivity contribution in [1.82, 2.24) is 4.57 Å². The van der Waals surface area contributed by atoms with E-state index < -0.39 is 0 Å². The normalized spacial score (nSPS) is 12.0. The minimum atomic E-state index is -0.0335. The van der Waals surface area contributed by atoms with Crippen molar-refractivity contribution in [3.05, 3.63) is 106 Å². The summed E-state index contributed by atoms with van der Waals surface area (Å²) < 4.78 is 14.2. The molecule has 0 spiro atoms. The SMILES string of the molecule is [C-]#[N+]/C(C#N)=C\C=C\c1ccc(-c2ccc3cc(-c4ccc(/C=C(\C#N)[N+]#[C-])o4)n(CC(C)C)c3c2)o1. The van der Waals surface area contributed by atoms with Crippen molar-refractivity contribution in [1.29, 1.82) is 10.5 Å². The van der Waals surface area contributed by atoms with Gasteiger partial charge >= 0.3 is 0 Å². The molecule has 7 heteroatoms. The van der Waals surface area contributed by atoms with E-state index in [1.807, 2.05) is 42.5 Å². The molecule has 0 aliphatic rings. The highest BCUT2D eigenvalue weighted by Crippen LogP contribution is 2.34. The highest BCUT2D eigenvalue weighted by Gasteiger charge is 2.16. The first-order valence-corrected chi connectivity index (χ1v) is 11.4. The topological polar surface area (TPSA) is 87.5 Å². The van der Waals surface area contributed by atoms with E-state index in [9.17, 15) is 0 Å². The zero-order valence-electron chi connectivity index (χ0n) is 20.3. The number of nitrogens with zero attached hydrogens (tertiary/aromatic N) is 5. The van der Waals surface area contributed by atoms with Crippen molar-refractivity contribution in [2.45, 2.75) is 20.4 Å². The number of aromatic nitrogens is 1. The molecule has 0 unspecified atom stereocenters. The van der Waals surface area contributed by atoms with Crippen LogP contribution >= 0.6 is 0 Å². The maximum Gasteiger partial charge on any atom is 0.265 e. The molecule has 0 N–H and O–H groups in total. The second-order valence-electron chi connectivity index (χ2n) is 8.60. The summed E-state index contributed by atoms with van der Waals surface area (Å²) in [6.07, 6.45) is 6.21. The first-order chi connectivity index (χ1) is 17.9. The molecular formula is C30H21N5O2. The van der Waals surface area contributed by atoms with Crippen molar-refractivity contribution in [2.75, 3.05) is 0 Å². The number of nitriles is 2. The van der Waals surface area contributed by atoms with Gasteiger partial charge in [-0.25, -0.2) is 20.2 Å². The second-order valence-corrected chi connectivity index (χ2v) is 8.60. The molecule has 1 aromatic carbocycles. The third-order valence-corrected chi connectivity index (χ3v) is 5.51. The molecule has 3 heterocycles. The van der Waals surface area contributed by atoms with E-state index in [4.69, 9.17) is 32.5 Å². The number of hydrogen-bond donors (Lipinski definition) is 0. The molecular weight excluding hydrogens is 462 g/mol. The lowest BCUT2D eigenvalue weighted by molar-refractivity contribution is 0.523. The molecule has 0 bridgehead atoms. The van der Waals surface area contributed by atoms with Crippen molar-refractivity contribution >= 4 is 23.1 Å². The molecule has 4 aromatic rings. The average molecular weight is 484 g/mol. The predicted molar refractivity (Wildman–Crippen MR) is 142 cm³/mol.